The second-order valence-corrected chi connectivity index (χ2v) is 25.5. The van der Waals surface area contributed by atoms with Gasteiger partial charge in [0.05, 0.1) is 73.6 Å². The Morgan fingerprint density at radius 3 is 0.878 bits per heavy atom. The van der Waals surface area contributed by atoms with E-state index in [0.29, 0.717) is 0 Å². The quantitative estimate of drug-likeness (QED) is 0.0625. The zero-order valence-electron chi connectivity index (χ0n) is 52.2. The normalized spacial score (nSPS) is 11.9. The number of pyridine rings is 6. The van der Waals surface area contributed by atoms with E-state index in [9.17, 15) is 0 Å². The van der Waals surface area contributed by atoms with E-state index in [1.807, 2.05) is 96.3 Å². The van der Waals surface area contributed by atoms with E-state index in [1.54, 1.807) is 24.8 Å². The third-order valence-electron chi connectivity index (χ3n) is 14.7. The third-order valence-corrected chi connectivity index (χ3v) is 16.9. The van der Waals surface area contributed by atoms with Crippen molar-refractivity contribution in [3.8, 4) is 67.8 Å². The molecule has 8 heterocycles. The number of para-hydroxylation sites is 2. The summed E-state index contributed by atoms with van der Waals surface area (Å²) in [7, 11) is -9.89. The zero-order chi connectivity index (χ0) is 68.3. The van der Waals surface area contributed by atoms with Crippen LogP contribution in [-0.4, -0.2) is 48.3 Å². The molecule has 6 aromatic carbocycles. The van der Waals surface area contributed by atoms with E-state index < -0.39 is 20.5 Å². The summed E-state index contributed by atoms with van der Waals surface area (Å²) < 4.78 is 67.9. The van der Waals surface area contributed by atoms with E-state index in [0.717, 1.165) is 92.0 Å². The molecule has 0 amide bonds. The fraction of sp³-hybridized carbons (Fsp3) is 0.0667. The maximum absolute atomic E-state index is 8.49. The number of nitrogens with zero attached hydrogens (tertiary/aromatic N) is 8. The summed E-state index contributed by atoms with van der Waals surface area (Å²) in [5, 5.41) is 0.194. The summed E-state index contributed by atoms with van der Waals surface area (Å²) in [6, 6.07) is 80.0. The van der Waals surface area contributed by atoms with E-state index in [1.165, 1.54) is 53.5 Å². The van der Waals surface area contributed by atoms with Crippen LogP contribution in [0.4, 0.5) is 22.7 Å². The molecule has 2 aliphatic heterocycles. The van der Waals surface area contributed by atoms with Crippen LogP contribution in [0.5, 0.6) is 0 Å². The number of fused-ring (bicyclic) bond motifs is 4. The molecule has 0 spiro atoms. The van der Waals surface area contributed by atoms with Gasteiger partial charge in [0.1, 0.15) is 0 Å². The topological polar surface area (TPSA) is 268 Å². The largest absolute Gasteiger partial charge is 2.00 e. The minimum absolute atomic E-state index is 0. The van der Waals surface area contributed by atoms with Gasteiger partial charge in [0.2, 0.25) is 0 Å². The number of alkyl halides is 2. The van der Waals surface area contributed by atoms with Gasteiger partial charge in [-0.05, 0) is 180 Å². The first-order valence-corrected chi connectivity index (χ1v) is 35.1. The van der Waals surface area contributed by atoms with E-state index in [4.69, 9.17) is 70.4 Å². The Balaban J connectivity index is 0.000000193. The van der Waals surface area contributed by atoms with Gasteiger partial charge in [-0.15, -0.1) is 43.7 Å². The van der Waals surface area contributed by atoms with Crippen LogP contribution < -0.4 is 47.1 Å². The van der Waals surface area contributed by atoms with Crippen LogP contribution >= 0.6 is 46.7 Å². The molecule has 2 aliphatic rings. The second kappa shape index (κ2) is 35.2. The molecule has 0 N–H and O–H groups in total. The monoisotopic (exact) mass is 1460 g/mol. The average Bonchev–Trinajstić information content (AvgIpc) is 0.780. The van der Waals surface area contributed by atoms with Crippen LogP contribution in [0.3, 0.4) is 0 Å². The maximum Gasteiger partial charge on any atom is 2.00 e. The van der Waals surface area contributed by atoms with Crippen molar-refractivity contribution in [2.45, 2.75) is 33.4 Å². The number of anilines is 4. The van der Waals surface area contributed by atoms with Crippen molar-refractivity contribution in [1.82, 2.24) is 29.9 Å². The molecule has 1 radical (unpaired) electrons. The van der Waals surface area contributed by atoms with Crippen LogP contribution in [0.2, 0.25) is 0 Å². The Kier molecular flexibility index (Phi) is 26.5. The van der Waals surface area contributed by atoms with Gasteiger partial charge < -0.3 is 9.80 Å². The molecule has 0 saturated carbocycles. The van der Waals surface area contributed by atoms with E-state index in [-0.39, 0.29) is 22.4 Å². The second-order valence-electron chi connectivity index (χ2n) is 21.0. The number of benzene rings is 6. The predicted octanol–water partition coefficient (Wildman–Crippen LogP) is 11.2. The summed E-state index contributed by atoms with van der Waals surface area (Å²) >= 11 is 13.2. The molecular formula is C75H58Cl4MnN8O8S2. The molecule has 23 heteroatoms. The molecule has 14 rings (SSSR count). The SMILES string of the molecule is CCN1c2ccccc2Sc2cc(/C=C/c3ccc(-c4cc(-c5ccccn5)nc(-c5ccccn5)c4)cc3)ccc21.CCN1c2ccccc2Sc2cc(/C=C/c3ccc(-c4cc(-c5ccccn5)nc(-c5ccccn5)c4)cc3)ccc21.ClCCl.[Mn+2].[O-][Cl+3]([O-])([O-])[O-].[O-][Cl+3]([O-])([O-])[O-]. The van der Waals surface area contributed by atoms with Crippen molar-refractivity contribution in [2.75, 3.05) is 28.2 Å². The molecule has 0 aliphatic carbocycles. The summed E-state index contributed by atoms with van der Waals surface area (Å²) in [6.45, 7) is 6.30. The third kappa shape index (κ3) is 20.7. The van der Waals surface area contributed by atoms with E-state index in [2.05, 4.69) is 226 Å². The summed E-state index contributed by atoms with van der Waals surface area (Å²) in [5.41, 5.74) is 20.8. The van der Waals surface area contributed by atoms with E-state index >= 15 is 0 Å². The number of rotatable bonds is 12. The molecule has 0 atom stereocenters. The molecule has 0 saturated heterocycles. The van der Waals surface area contributed by atoms with Crippen LogP contribution in [0, 0.1) is 20.5 Å². The maximum atomic E-state index is 8.49. The van der Waals surface area contributed by atoms with Crippen molar-refractivity contribution in [3.05, 3.63) is 278 Å². The summed E-state index contributed by atoms with van der Waals surface area (Å²) in [4.78, 5) is 37.9. The minimum atomic E-state index is -4.94. The van der Waals surface area contributed by atoms with Crippen molar-refractivity contribution in [1.29, 1.82) is 0 Å². The van der Waals surface area contributed by atoms with Crippen LogP contribution in [0.1, 0.15) is 36.1 Å². The van der Waals surface area contributed by atoms with Crippen LogP contribution in [0.15, 0.2) is 275 Å². The molecule has 98 heavy (non-hydrogen) atoms. The first-order valence-electron chi connectivity index (χ1n) is 29.9. The van der Waals surface area contributed by atoms with Gasteiger partial charge in [-0.3, -0.25) is 19.9 Å². The number of halogens is 4. The average molecular weight is 1460 g/mol. The van der Waals surface area contributed by atoms with Crippen molar-refractivity contribution >= 4 is 93.8 Å². The molecular weight excluding hydrogens is 1400 g/mol. The molecule has 0 unspecified atom stereocenters. The van der Waals surface area contributed by atoms with Gasteiger partial charge >= 0.3 is 17.1 Å². The van der Waals surface area contributed by atoms with Crippen LogP contribution in [-0.2, 0) is 17.1 Å². The number of hydrogen-bond donors (Lipinski definition) is 0. The fourth-order valence-electron chi connectivity index (χ4n) is 10.5. The first kappa shape index (κ1) is 73.6. The number of hydrogen-bond acceptors (Lipinski definition) is 18. The minimum Gasteiger partial charge on any atom is -0.340 e. The summed E-state index contributed by atoms with van der Waals surface area (Å²) in [6.07, 6.45) is 15.9. The van der Waals surface area contributed by atoms with Gasteiger partial charge in [0.25, 0.3) is 0 Å². The number of aromatic nitrogens is 6. The molecule has 493 valence electrons. The van der Waals surface area contributed by atoms with Crippen molar-refractivity contribution in [3.63, 3.8) is 0 Å². The molecule has 0 fully saturated rings. The first-order chi connectivity index (χ1) is 46.9. The van der Waals surface area contributed by atoms with Crippen LogP contribution in [0.25, 0.3) is 92.1 Å². The van der Waals surface area contributed by atoms with Crippen molar-refractivity contribution < 1.29 is 74.8 Å². The summed E-state index contributed by atoms with van der Waals surface area (Å²) in [5.74, 6) is 0. The van der Waals surface area contributed by atoms with Gasteiger partial charge in [-0.25, -0.2) is 47.2 Å². The molecule has 12 aromatic rings. The standard InChI is InChI=1S/2C37H28N4S.CH2Cl2.2ClHO4.Mn/c2*1-2-41-34-11-3-4-12-36(34)42-37-23-27(17-20-35(37)41)14-13-26-15-18-28(19-16-26)29-24-32(30-9-5-7-21-38-30)40-33(25-29)31-10-6-8-22-39-31;2-1-3;2*2-1(3,4)5;/h2*3-25H,2H2,1H3;1H2;2*(H,2,3,4,5);/q;;;;;+2/p-2/b2*14-13+;;;;. The zero-order valence-corrected chi connectivity index (χ0v) is 58.1. The Hall–Kier alpha value is -8.64. The van der Waals surface area contributed by atoms with Gasteiger partial charge in [-0.2, -0.15) is 0 Å². The van der Waals surface area contributed by atoms with Gasteiger partial charge in [-0.1, -0.05) is 157 Å². The smallest absolute Gasteiger partial charge is 0.340 e. The predicted molar refractivity (Wildman–Crippen MR) is 366 cm³/mol. The molecule has 0 bridgehead atoms. The Morgan fingerprint density at radius 1 is 0.327 bits per heavy atom. The molecule has 16 nitrogen and oxygen atoms in total. The van der Waals surface area contributed by atoms with Gasteiger partial charge in [0, 0.05) is 57.5 Å². The Labute approximate surface area is 601 Å². The van der Waals surface area contributed by atoms with Gasteiger partial charge in [0.15, 0.2) is 0 Å². The Bertz CT molecular complexity index is 4210. The molecule has 6 aromatic heterocycles. The Morgan fingerprint density at radius 2 is 0.592 bits per heavy atom. The fourth-order valence-corrected chi connectivity index (χ4v) is 12.8. The van der Waals surface area contributed by atoms with Crippen molar-refractivity contribution in [2.24, 2.45) is 0 Å².